The van der Waals surface area contributed by atoms with Gasteiger partial charge in [-0.3, -0.25) is 0 Å². The van der Waals surface area contributed by atoms with E-state index in [-0.39, 0.29) is 10.3 Å². The molecule has 5 heteroatoms. The summed E-state index contributed by atoms with van der Waals surface area (Å²) in [7, 11) is -2.09. The average molecular weight is 539 g/mol. The molecule has 4 fully saturated rings. The Morgan fingerprint density at radius 3 is 1.97 bits per heavy atom. The summed E-state index contributed by atoms with van der Waals surface area (Å²) in [5, 5.41) is 1.98. The van der Waals surface area contributed by atoms with Crippen LogP contribution in [0.4, 0.5) is 0 Å². The fourth-order valence-electron chi connectivity index (χ4n) is 8.08. The van der Waals surface area contributed by atoms with Gasteiger partial charge in [-0.05, 0) is 133 Å². The van der Waals surface area contributed by atoms with E-state index >= 15 is 0 Å². The summed E-state index contributed by atoms with van der Waals surface area (Å²) in [6, 6.07) is 25.2. The fourth-order valence-corrected chi connectivity index (χ4v) is 9.00. The van der Waals surface area contributed by atoms with Crippen LogP contribution in [0, 0.1) is 24.7 Å². The van der Waals surface area contributed by atoms with Crippen LogP contribution in [0.25, 0.3) is 21.9 Å². The largest absolute Gasteiger partial charge is 0.496 e. The number of ether oxygens (including phenoxy) is 1. The summed E-state index contributed by atoms with van der Waals surface area (Å²) >= 11 is 0. The van der Waals surface area contributed by atoms with E-state index in [1.54, 1.807) is 43.5 Å². The van der Waals surface area contributed by atoms with Crippen molar-refractivity contribution in [3.63, 3.8) is 0 Å². The van der Waals surface area contributed by atoms with Crippen LogP contribution in [-0.2, 0) is 15.5 Å². The van der Waals surface area contributed by atoms with Crippen LogP contribution in [0.3, 0.4) is 0 Å². The predicted octanol–water partition coefficient (Wildman–Crippen LogP) is 8.06. The molecule has 4 saturated carbocycles. The minimum atomic E-state index is -3.89. The zero-order chi connectivity index (χ0) is 26.8. The highest BCUT2D eigenvalue weighted by atomic mass is 32.2. The lowest BCUT2D eigenvalue weighted by Crippen LogP contribution is -2.48. The van der Waals surface area contributed by atoms with Gasteiger partial charge in [0.25, 0.3) is 0 Å². The number of aryl methyl sites for hydroxylation is 1. The molecule has 0 aromatic heterocycles. The normalized spacial score (nSPS) is 25.6. The second-order valence-corrected chi connectivity index (χ2v) is 13.7. The van der Waals surface area contributed by atoms with Gasteiger partial charge in [0.15, 0.2) is 0 Å². The van der Waals surface area contributed by atoms with E-state index in [0.29, 0.717) is 5.75 Å². The minimum Gasteiger partial charge on any atom is -0.496 e. The quantitative estimate of drug-likeness (QED) is 0.233. The molecule has 4 aliphatic rings. The van der Waals surface area contributed by atoms with E-state index in [1.165, 1.54) is 49.7 Å². The van der Waals surface area contributed by atoms with Crippen LogP contribution in [0.1, 0.15) is 49.7 Å². The number of hydrogen-bond donors (Lipinski definition) is 0. The Hall–Kier alpha value is -3.31. The first-order valence-electron chi connectivity index (χ1n) is 14.0. The molecule has 0 spiro atoms. The maximum absolute atomic E-state index is 12.8. The maximum Gasteiger partial charge on any atom is 0.339 e. The Bertz CT molecular complexity index is 1630. The zero-order valence-corrected chi connectivity index (χ0v) is 23.3. The fraction of sp³-hybridized carbons (Fsp3) is 0.353. The molecule has 4 aromatic carbocycles. The van der Waals surface area contributed by atoms with Gasteiger partial charge in [0, 0.05) is 5.56 Å². The SMILES string of the molecule is COc1ccc(-c2ccc3cc(OS(=O)(=O)c4ccc(C)cc4)ccc3c2)cc1C12CC3CC(CC(C3)C1)C2. The second kappa shape index (κ2) is 9.12. The number of benzene rings is 4. The van der Waals surface area contributed by atoms with Gasteiger partial charge in [-0.1, -0.05) is 42.0 Å². The first kappa shape index (κ1) is 24.7. The number of hydrogen-bond acceptors (Lipinski definition) is 4. The lowest BCUT2D eigenvalue weighted by molar-refractivity contribution is -0.00613. The Labute approximate surface area is 231 Å². The van der Waals surface area contributed by atoms with Crippen LogP contribution in [0.5, 0.6) is 11.5 Å². The molecule has 0 heterocycles. The Morgan fingerprint density at radius 1 is 0.718 bits per heavy atom. The third kappa shape index (κ3) is 4.41. The first-order chi connectivity index (χ1) is 18.8. The van der Waals surface area contributed by atoms with Crippen molar-refractivity contribution in [1.29, 1.82) is 0 Å². The van der Waals surface area contributed by atoms with Gasteiger partial charge in [0.1, 0.15) is 16.4 Å². The van der Waals surface area contributed by atoms with Gasteiger partial charge >= 0.3 is 10.1 Å². The van der Waals surface area contributed by atoms with Gasteiger partial charge < -0.3 is 8.92 Å². The number of fused-ring (bicyclic) bond motifs is 1. The highest BCUT2D eigenvalue weighted by Crippen LogP contribution is 2.62. The van der Waals surface area contributed by atoms with Crippen LogP contribution in [-0.4, -0.2) is 15.5 Å². The van der Waals surface area contributed by atoms with Crippen molar-refractivity contribution in [2.24, 2.45) is 17.8 Å². The third-order valence-electron chi connectivity index (χ3n) is 9.47. The number of methoxy groups -OCH3 is 1. The monoisotopic (exact) mass is 538 g/mol. The zero-order valence-electron chi connectivity index (χ0n) is 22.5. The topological polar surface area (TPSA) is 52.6 Å². The summed E-state index contributed by atoms with van der Waals surface area (Å²) in [4.78, 5) is 0.151. The van der Waals surface area contributed by atoms with Crippen molar-refractivity contribution in [1.82, 2.24) is 0 Å². The standard InChI is InChI=1S/C34H34O4S/c1-22-3-10-31(11-4-22)39(35,36)38-30-9-7-27-16-26(5-6-28(27)17-30)29-8-12-33(37-2)32(18-29)34-19-23-13-24(20-34)15-25(14-23)21-34/h3-12,16-18,23-25H,13-15,19-21H2,1-2H3. The Balaban J connectivity index is 1.20. The maximum atomic E-state index is 12.8. The molecule has 8 rings (SSSR count). The van der Waals surface area contributed by atoms with E-state index in [2.05, 4.69) is 30.3 Å². The van der Waals surface area contributed by atoms with E-state index in [1.807, 2.05) is 19.1 Å². The van der Waals surface area contributed by atoms with E-state index in [9.17, 15) is 8.42 Å². The van der Waals surface area contributed by atoms with Crippen molar-refractivity contribution in [3.8, 4) is 22.6 Å². The first-order valence-corrected chi connectivity index (χ1v) is 15.4. The summed E-state index contributed by atoms with van der Waals surface area (Å²) in [6.45, 7) is 1.92. The molecule has 0 N–H and O–H groups in total. The molecule has 4 nitrogen and oxygen atoms in total. The molecule has 4 aromatic rings. The minimum absolute atomic E-state index is 0.151. The molecule has 0 amide bonds. The molecular weight excluding hydrogens is 504 g/mol. The molecule has 0 radical (unpaired) electrons. The van der Waals surface area contributed by atoms with Crippen LogP contribution in [0.2, 0.25) is 0 Å². The highest BCUT2D eigenvalue weighted by molar-refractivity contribution is 7.87. The van der Waals surface area contributed by atoms with Crippen molar-refractivity contribution in [3.05, 3.63) is 90.0 Å². The molecule has 4 aliphatic carbocycles. The molecule has 0 aliphatic heterocycles. The van der Waals surface area contributed by atoms with Gasteiger partial charge in [-0.15, -0.1) is 0 Å². The van der Waals surface area contributed by atoms with Gasteiger partial charge in [0.2, 0.25) is 0 Å². The Kier molecular flexibility index (Phi) is 5.78. The number of rotatable bonds is 6. The molecular formula is C34H34O4S. The smallest absolute Gasteiger partial charge is 0.339 e. The summed E-state index contributed by atoms with van der Waals surface area (Å²) in [5.74, 6) is 3.95. The van der Waals surface area contributed by atoms with Gasteiger partial charge in [-0.2, -0.15) is 8.42 Å². The van der Waals surface area contributed by atoms with Crippen LogP contribution < -0.4 is 8.92 Å². The second-order valence-electron chi connectivity index (χ2n) is 12.2. The summed E-state index contributed by atoms with van der Waals surface area (Å²) < 4.78 is 36.9. The summed E-state index contributed by atoms with van der Waals surface area (Å²) in [5.41, 5.74) is 4.99. The molecule has 39 heavy (non-hydrogen) atoms. The van der Waals surface area contributed by atoms with E-state index in [4.69, 9.17) is 8.92 Å². The van der Waals surface area contributed by atoms with Crippen molar-refractivity contribution in [2.45, 2.75) is 55.8 Å². The molecule has 0 unspecified atom stereocenters. The van der Waals surface area contributed by atoms with E-state index < -0.39 is 10.1 Å². The molecule has 0 atom stereocenters. The van der Waals surface area contributed by atoms with E-state index in [0.717, 1.165) is 45.4 Å². The van der Waals surface area contributed by atoms with Gasteiger partial charge in [-0.25, -0.2) is 0 Å². The highest BCUT2D eigenvalue weighted by Gasteiger charge is 2.52. The predicted molar refractivity (Wildman–Crippen MR) is 155 cm³/mol. The lowest BCUT2D eigenvalue weighted by atomic mass is 9.48. The summed E-state index contributed by atoms with van der Waals surface area (Å²) in [6.07, 6.45) is 8.15. The Morgan fingerprint density at radius 2 is 1.31 bits per heavy atom. The molecule has 4 bridgehead atoms. The van der Waals surface area contributed by atoms with Gasteiger partial charge in [0.05, 0.1) is 7.11 Å². The lowest BCUT2D eigenvalue weighted by Gasteiger charge is -2.57. The van der Waals surface area contributed by atoms with Crippen molar-refractivity contribution in [2.75, 3.05) is 7.11 Å². The van der Waals surface area contributed by atoms with Crippen LogP contribution in [0.15, 0.2) is 83.8 Å². The van der Waals surface area contributed by atoms with Crippen molar-refractivity contribution < 1.29 is 17.3 Å². The molecule has 0 saturated heterocycles. The average Bonchev–Trinajstić information content (AvgIpc) is 2.92. The van der Waals surface area contributed by atoms with Crippen LogP contribution >= 0.6 is 0 Å². The van der Waals surface area contributed by atoms with Crippen molar-refractivity contribution >= 4 is 20.9 Å². The third-order valence-corrected chi connectivity index (χ3v) is 10.7. The molecule has 200 valence electrons.